The largest absolute Gasteiger partial charge is 0.482 e. The summed E-state index contributed by atoms with van der Waals surface area (Å²) in [6, 6.07) is 5.16. The molecule has 1 aliphatic carbocycles. The molecule has 1 unspecified atom stereocenters. The van der Waals surface area contributed by atoms with E-state index >= 15 is 0 Å². The zero-order chi connectivity index (χ0) is 27.9. The van der Waals surface area contributed by atoms with Crippen LogP contribution >= 0.6 is 11.3 Å². The smallest absolute Gasteiger partial charge is 0.325 e. The number of thiophene rings is 1. The minimum Gasteiger partial charge on any atom is -0.482 e. The van der Waals surface area contributed by atoms with Crippen LogP contribution in [0.15, 0.2) is 23.0 Å². The van der Waals surface area contributed by atoms with Crippen LogP contribution in [0.4, 0.5) is 5.69 Å². The molecular weight excluding hydrogens is 526 g/mol. The van der Waals surface area contributed by atoms with E-state index in [-0.39, 0.29) is 42.7 Å². The normalized spacial score (nSPS) is 16.1. The third-order valence-electron chi connectivity index (χ3n) is 6.17. The summed E-state index contributed by atoms with van der Waals surface area (Å²) in [5.41, 5.74) is 0.649. The van der Waals surface area contributed by atoms with E-state index in [2.05, 4.69) is 25.9 Å². The van der Waals surface area contributed by atoms with E-state index < -0.39 is 29.0 Å². The van der Waals surface area contributed by atoms with Gasteiger partial charge in [0.2, 0.25) is 11.7 Å². The highest BCUT2D eigenvalue weighted by atomic mass is 32.1. The molecule has 2 aromatic heterocycles. The van der Waals surface area contributed by atoms with E-state index in [1.54, 1.807) is 39.0 Å². The van der Waals surface area contributed by atoms with Crippen molar-refractivity contribution in [3.05, 3.63) is 50.4 Å². The number of amides is 3. The van der Waals surface area contributed by atoms with Crippen molar-refractivity contribution < 1.29 is 28.7 Å². The van der Waals surface area contributed by atoms with Crippen LogP contribution in [0.25, 0.3) is 10.2 Å². The first-order chi connectivity index (χ1) is 18.5. The fourth-order valence-corrected chi connectivity index (χ4v) is 5.83. The number of fused-ring (bicyclic) bond motifs is 4. The van der Waals surface area contributed by atoms with Gasteiger partial charge >= 0.3 is 5.97 Å². The molecule has 0 bridgehead atoms. The van der Waals surface area contributed by atoms with Crippen molar-refractivity contribution in [3.63, 3.8) is 0 Å². The minimum absolute atomic E-state index is 0.0474. The Morgan fingerprint density at radius 3 is 2.77 bits per heavy atom. The summed E-state index contributed by atoms with van der Waals surface area (Å²) >= 11 is 1.28. The molecule has 13 heteroatoms. The number of aryl methyl sites for hydroxylation is 1. The second kappa shape index (κ2) is 10.1. The quantitative estimate of drug-likeness (QED) is 0.335. The highest BCUT2D eigenvalue weighted by molar-refractivity contribution is 7.18. The maximum atomic E-state index is 13.1. The molecule has 5 rings (SSSR count). The Balaban J connectivity index is 1.29. The van der Waals surface area contributed by atoms with Crippen LogP contribution in [-0.2, 0) is 32.1 Å². The van der Waals surface area contributed by atoms with Gasteiger partial charge < -0.3 is 30.4 Å². The van der Waals surface area contributed by atoms with Gasteiger partial charge in [0.1, 0.15) is 22.7 Å². The van der Waals surface area contributed by atoms with E-state index in [1.165, 1.54) is 11.3 Å². The average molecular weight is 554 g/mol. The molecule has 0 saturated heterocycles. The van der Waals surface area contributed by atoms with Gasteiger partial charge in [-0.1, -0.05) is 6.07 Å². The molecule has 39 heavy (non-hydrogen) atoms. The number of esters is 1. The molecule has 3 heterocycles. The summed E-state index contributed by atoms with van der Waals surface area (Å²) in [6.07, 6.45) is 1.09. The number of rotatable bonds is 6. The van der Waals surface area contributed by atoms with Gasteiger partial charge in [0.25, 0.3) is 17.4 Å². The molecule has 204 valence electrons. The number of hydrogen-bond donors (Lipinski definition) is 4. The third-order valence-corrected chi connectivity index (χ3v) is 7.33. The van der Waals surface area contributed by atoms with Gasteiger partial charge in [-0.15, -0.1) is 11.3 Å². The van der Waals surface area contributed by atoms with Crippen LogP contribution in [0.3, 0.4) is 0 Å². The monoisotopic (exact) mass is 553 g/mol. The van der Waals surface area contributed by atoms with E-state index in [1.807, 2.05) is 0 Å². The van der Waals surface area contributed by atoms with Crippen molar-refractivity contribution in [1.82, 2.24) is 20.6 Å². The number of carbonyl (C=O) groups excluding carboxylic acids is 4. The lowest BCUT2D eigenvalue weighted by Crippen LogP contribution is -2.36. The van der Waals surface area contributed by atoms with Crippen LogP contribution < -0.4 is 26.2 Å². The number of aromatic amines is 1. The molecule has 0 saturated carbocycles. The summed E-state index contributed by atoms with van der Waals surface area (Å²) in [4.78, 5) is 70.4. The molecule has 0 radical (unpaired) electrons. The number of carbonyl (C=O) groups is 4. The molecule has 1 aliphatic heterocycles. The van der Waals surface area contributed by atoms with E-state index in [0.29, 0.717) is 40.2 Å². The number of H-pyrrole nitrogens is 1. The topological polar surface area (TPSA) is 169 Å². The lowest BCUT2D eigenvalue weighted by atomic mass is 10.0. The van der Waals surface area contributed by atoms with Crippen LogP contribution in [0, 0.1) is 0 Å². The van der Waals surface area contributed by atoms with Crippen LogP contribution in [0.5, 0.6) is 5.75 Å². The minimum atomic E-state index is -0.665. The summed E-state index contributed by atoms with van der Waals surface area (Å²) in [5, 5.41) is 8.32. The number of anilines is 1. The average Bonchev–Trinajstić information content (AvgIpc) is 3.43. The summed E-state index contributed by atoms with van der Waals surface area (Å²) in [7, 11) is 0. The molecule has 2 aliphatic rings. The molecule has 0 spiro atoms. The Kier molecular flexibility index (Phi) is 6.85. The molecular formula is C26H27N5O7S. The molecule has 1 atom stereocenters. The van der Waals surface area contributed by atoms with Crippen molar-refractivity contribution in [2.75, 3.05) is 18.5 Å². The predicted octanol–water partition coefficient (Wildman–Crippen LogP) is 1.73. The van der Waals surface area contributed by atoms with Crippen molar-refractivity contribution in [2.24, 2.45) is 0 Å². The van der Waals surface area contributed by atoms with Gasteiger partial charge in [0.05, 0.1) is 17.0 Å². The van der Waals surface area contributed by atoms with Gasteiger partial charge in [-0.2, -0.15) is 0 Å². The second-order valence-corrected chi connectivity index (χ2v) is 11.4. The molecule has 4 N–H and O–H groups in total. The SMILES string of the molecule is CC(C)(C)OC(=O)CNC(=O)C1CCc2sc3nc(C(=O)NCc4ccc5c(c4)NC(=O)CO5)[nH]c(=O)c3c21. The number of nitrogens with one attached hydrogen (secondary N) is 4. The van der Waals surface area contributed by atoms with Crippen molar-refractivity contribution >= 4 is 50.9 Å². The molecule has 0 fully saturated rings. The number of hydrogen-bond acceptors (Lipinski definition) is 9. The van der Waals surface area contributed by atoms with Crippen LogP contribution in [-0.4, -0.2) is 52.4 Å². The number of aromatic nitrogens is 2. The predicted molar refractivity (Wildman–Crippen MR) is 142 cm³/mol. The zero-order valence-electron chi connectivity index (χ0n) is 21.6. The summed E-state index contributed by atoms with van der Waals surface area (Å²) in [5.74, 6) is -1.96. The molecule has 3 aromatic rings. The number of ether oxygens (including phenoxy) is 2. The van der Waals surface area contributed by atoms with Crippen molar-refractivity contribution in [3.8, 4) is 5.75 Å². The Labute approximate surface area is 226 Å². The lowest BCUT2D eigenvalue weighted by molar-refractivity contribution is -0.154. The maximum absolute atomic E-state index is 13.1. The third kappa shape index (κ3) is 5.62. The highest BCUT2D eigenvalue weighted by Gasteiger charge is 2.35. The Bertz CT molecular complexity index is 1570. The Morgan fingerprint density at radius 1 is 1.21 bits per heavy atom. The summed E-state index contributed by atoms with van der Waals surface area (Å²) in [6.45, 7) is 5.04. The molecule has 1 aromatic carbocycles. The molecule has 12 nitrogen and oxygen atoms in total. The first kappa shape index (κ1) is 26.4. The zero-order valence-corrected chi connectivity index (χ0v) is 22.4. The van der Waals surface area contributed by atoms with Crippen LogP contribution in [0.1, 0.15) is 59.7 Å². The van der Waals surface area contributed by atoms with Crippen molar-refractivity contribution in [1.29, 1.82) is 0 Å². The van der Waals surface area contributed by atoms with Gasteiger partial charge in [0, 0.05) is 11.4 Å². The fraction of sp³-hybridized carbons (Fsp3) is 0.385. The van der Waals surface area contributed by atoms with Crippen LogP contribution in [0.2, 0.25) is 0 Å². The summed E-state index contributed by atoms with van der Waals surface area (Å²) < 4.78 is 10.6. The van der Waals surface area contributed by atoms with Gasteiger partial charge in [-0.25, -0.2) is 4.98 Å². The fourth-order valence-electron chi connectivity index (χ4n) is 4.59. The van der Waals surface area contributed by atoms with Gasteiger partial charge in [-0.05, 0) is 56.9 Å². The second-order valence-electron chi connectivity index (χ2n) is 10.3. The van der Waals surface area contributed by atoms with Gasteiger partial charge in [0.15, 0.2) is 6.61 Å². The maximum Gasteiger partial charge on any atom is 0.325 e. The molecule has 3 amide bonds. The number of nitrogens with zero attached hydrogens (tertiary/aromatic N) is 1. The lowest BCUT2D eigenvalue weighted by Gasteiger charge is -2.20. The Morgan fingerprint density at radius 2 is 2.00 bits per heavy atom. The Hall–Kier alpha value is -4.26. The first-order valence-electron chi connectivity index (χ1n) is 12.4. The van der Waals surface area contributed by atoms with Crippen molar-refractivity contribution in [2.45, 2.75) is 51.7 Å². The standard InChI is InChI=1S/C26H27N5O7S/c1-26(2,3)38-18(33)10-28-22(34)13-5-7-16-19(13)20-23(35)30-21(31-25(20)39-16)24(36)27-9-12-4-6-15-14(8-12)29-17(32)11-37-15/h4,6,8,13H,5,7,9-11H2,1-3H3,(H,27,36)(H,28,34)(H,29,32)(H,30,31,35). The van der Waals surface area contributed by atoms with E-state index in [0.717, 1.165) is 4.88 Å². The van der Waals surface area contributed by atoms with Gasteiger partial charge in [-0.3, -0.25) is 24.0 Å². The first-order valence-corrected chi connectivity index (χ1v) is 13.2. The number of benzene rings is 1. The van der Waals surface area contributed by atoms with E-state index in [9.17, 15) is 24.0 Å². The van der Waals surface area contributed by atoms with E-state index in [4.69, 9.17) is 9.47 Å². The highest BCUT2D eigenvalue weighted by Crippen LogP contribution is 2.42.